The molecule has 0 bridgehead atoms. The second kappa shape index (κ2) is 8.26. The first-order chi connectivity index (χ1) is 9.06. The zero-order chi connectivity index (χ0) is 14.1. The number of unbranched alkanes of at least 4 members (excludes halogenated alkanes) is 3. The smallest absolute Gasteiger partial charge is 0.0655 e. The quantitative estimate of drug-likeness (QED) is 0.690. The maximum Gasteiger partial charge on any atom is 0.0655 e. The minimum atomic E-state index is 0.0337. The van der Waals surface area contributed by atoms with E-state index in [1.807, 2.05) is 6.20 Å². The van der Waals surface area contributed by atoms with E-state index >= 15 is 0 Å². The van der Waals surface area contributed by atoms with Crippen LogP contribution in [0.4, 0.5) is 0 Å². The van der Waals surface area contributed by atoms with Crippen LogP contribution in [-0.4, -0.2) is 22.6 Å². The molecule has 0 amide bonds. The van der Waals surface area contributed by atoms with Crippen molar-refractivity contribution >= 4 is 0 Å². The molecule has 0 saturated carbocycles. The third-order valence-corrected chi connectivity index (χ3v) is 3.64. The zero-order valence-electron chi connectivity index (χ0n) is 12.9. The van der Waals surface area contributed by atoms with Gasteiger partial charge >= 0.3 is 0 Å². The highest BCUT2D eigenvalue weighted by atomic mass is 14.9. The first-order valence-electron chi connectivity index (χ1n) is 7.56. The summed E-state index contributed by atoms with van der Waals surface area (Å²) in [4.78, 5) is 8.57. The van der Waals surface area contributed by atoms with E-state index in [0.717, 1.165) is 12.2 Å². The summed E-state index contributed by atoms with van der Waals surface area (Å²) in [6.07, 6.45) is 12.0. The van der Waals surface area contributed by atoms with Crippen LogP contribution < -0.4 is 5.32 Å². The summed E-state index contributed by atoms with van der Waals surface area (Å²) < 4.78 is 0. The van der Waals surface area contributed by atoms with Crippen LogP contribution >= 0.6 is 0 Å². The lowest BCUT2D eigenvalue weighted by atomic mass is 9.89. The van der Waals surface area contributed by atoms with Gasteiger partial charge in [0.15, 0.2) is 0 Å². The second-order valence-electron chi connectivity index (χ2n) is 6.11. The van der Waals surface area contributed by atoms with E-state index in [2.05, 4.69) is 43.0 Å². The third kappa shape index (κ3) is 6.15. The molecule has 0 aliphatic heterocycles. The molecule has 1 heterocycles. The molecule has 0 aliphatic carbocycles. The molecular weight excluding hydrogens is 234 g/mol. The highest BCUT2D eigenvalue weighted by Crippen LogP contribution is 2.19. The number of nitrogens with zero attached hydrogens (tertiary/aromatic N) is 2. The Kier molecular flexibility index (Phi) is 7.00. The van der Waals surface area contributed by atoms with Gasteiger partial charge in [-0.15, -0.1) is 0 Å². The lowest BCUT2D eigenvalue weighted by Gasteiger charge is -2.26. The molecule has 1 aromatic rings. The van der Waals surface area contributed by atoms with Gasteiger partial charge in [-0.25, -0.2) is 0 Å². The van der Waals surface area contributed by atoms with Gasteiger partial charge in [0.1, 0.15) is 0 Å². The summed E-state index contributed by atoms with van der Waals surface area (Å²) in [6.45, 7) is 9.91. The molecule has 1 unspecified atom stereocenters. The maximum atomic E-state index is 4.41. The molecule has 1 N–H and O–H groups in total. The zero-order valence-corrected chi connectivity index (χ0v) is 12.9. The monoisotopic (exact) mass is 263 g/mol. The van der Waals surface area contributed by atoms with E-state index < -0.39 is 0 Å². The van der Waals surface area contributed by atoms with Gasteiger partial charge in [0.25, 0.3) is 0 Å². The molecule has 0 saturated heterocycles. The van der Waals surface area contributed by atoms with Crippen molar-refractivity contribution < 1.29 is 0 Å². The molecule has 0 aromatic carbocycles. The minimum Gasteiger partial charge on any atom is -0.313 e. The number of aromatic nitrogens is 2. The highest BCUT2D eigenvalue weighted by molar-refractivity contribution is 5.10. The lowest BCUT2D eigenvalue weighted by Crippen LogP contribution is -2.38. The van der Waals surface area contributed by atoms with Crippen LogP contribution in [0.5, 0.6) is 0 Å². The second-order valence-corrected chi connectivity index (χ2v) is 6.11. The Balaban J connectivity index is 2.30. The molecule has 1 rings (SSSR count). The van der Waals surface area contributed by atoms with E-state index in [9.17, 15) is 0 Å². The minimum absolute atomic E-state index is 0.0337. The average molecular weight is 263 g/mol. The fourth-order valence-electron chi connectivity index (χ4n) is 2.15. The number of rotatable bonds is 9. The summed E-state index contributed by atoms with van der Waals surface area (Å²) >= 11 is 0. The molecular formula is C16H29N3. The first-order valence-corrected chi connectivity index (χ1v) is 7.56. The summed E-state index contributed by atoms with van der Waals surface area (Å²) in [5.74, 6) is 0. The lowest BCUT2D eigenvalue weighted by molar-refractivity contribution is 0.401. The standard InChI is InChI=1S/C16H29N3/c1-5-6-7-8-9-14(2)19-13-16(3,4)15-12-17-10-11-18-15/h10-12,14,19H,5-9,13H2,1-4H3. The Labute approximate surface area is 118 Å². The van der Waals surface area contributed by atoms with Gasteiger partial charge in [-0.05, 0) is 13.3 Å². The molecule has 0 radical (unpaired) electrons. The van der Waals surface area contributed by atoms with Crippen LogP contribution in [0.2, 0.25) is 0 Å². The number of nitrogens with one attached hydrogen (secondary N) is 1. The summed E-state index contributed by atoms with van der Waals surface area (Å²) in [5, 5.41) is 3.63. The molecule has 1 atom stereocenters. The van der Waals surface area contributed by atoms with Crippen LogP contribution in [0.3, 0.4) is 0 Å². The van der Waals surface area contributed by atoms with Crippen molar-refractivity contribution in [2.45, 2.75) is 71.3 Å². The Morgan fingerprint density at radius 1 is 1.21 bits per heavy atom. The van der Waals surface area contributed by atoms with E-state index in [1.54, 1.807) is 12.4 Å². The fraction of sp³-hybridized carbons (Fsp3) is 0.750. The largest absolute Gasteiger partial charge is 0.313 e. The Bertz CT molecular complexity index is 335. The Hall–Kier alpha value is -0.960. The molecule has 108 valence electrons. The molecule has 1 aromatic heterocycles. The summed E-state index contributed by atoms with van der Waals surface area (Å²) in [5.41, 5.74) is 1.09. The molecule has 0 aliphatic rings. The first kappa shape index (κ1) is 16.1. The number of hydrogen-bond donors (Lipinski definition) is 1. The maximum absolute atomic E-state index is 4.41. The predicted octanol–water partition coefficient (Wildman–Crippen LogP) is 3.70. The van der Waals surface area contributed by atoms with Crippen molar-refractivity contribution in [3.8, 4) is 0 Å². The van der Waals surface area contributed by atoms with Crippen LogP contribution in [0.1, 0.15) is 65.5 Å². The van der Waals surface area contributed by atoms with Gasteiger partial charge < -0.3 is 5.32 Å². The summed E-state index contributed by atoms with van der Waals surface area (Å²) in [6, 6.07) is 0.577. The van der Waals surface area contributed by atoms with E-state index in [4.69, 9.17) is 0 Å². The molecule has 3 nitrogen and oxygen atoms in total. The van der Waals surface area contributed by atoms with Gasteiger partial charge in [-0.3, -0.25) is 9.97 Å². The van der Waals surface area contributed by atoms with Crippen molar-refractivity contribution in [3.63, 3.8) is 0 Å². The van der Waals surface area contributed by atoms with Crippen molar-refractivity contribution in [1.29, 1.82) is 0 Å². The molecule has 19 heavy (non-hydrogen) atoms. The van der Waals surface area contributed by atoms with E-state index in [1.165, 1.54) is 32.1 Å². The van der Waals surface area contributed by atoms with Crippen molar-refractivity contribution in [2.75, 3.05) is 6.54 Å². The van der Waals surface area contributed by atoms with Gasteiger partial charge in [-0.1, -0.05) is 46.5 Å². The summed E-state index contributed by atoms with van der Waals surface area (Å²) in [7, 11) is 0. The number of hydrogen-bond acceptors (Lipinski definition) is 3. The topological polar surface area (TPSA) is 37.8 Å². The van der Waals surface area contributed by atoms with Crippen LogP contribution in [0.25, 0.3) is 0 Å². The van der Waals surface area contributed by atoms with Gasteiger partial charge in [0, 0.05) is 36.6 Å². The molecule has 0 spiro atoms. The highest BCUT2D eigenvalue weighted by Gasteiger charge is 2.22. The Morgan fingerprint density at radius 2 is 2.00 bits per heavy atom. The van der Waals surface area contributed by atoms with Gasteiger partial charge in [0.05, 0.1) is 5.69 Å². The van der Waals surface area contributed by atoms with Crippen LogP contribution in [0, 0.1) is 0 Å². The van der Waals surface area contributed by atoms with E-state index in [-0.39, 0.29) is 5.41 Å². The third-order valence-electron chi connectivity index (χ3n) is 3.64. The Morgan fingerprint density at radius 3 is 2.63 bits per heavy atom. The molecule has 0 fully saturated rings. The van der Waals surface area contributed by atoms with Gasteiger partial charge in [-0.2, -0.15) is 0 Å². The average Bonchev–Trinajstić information content (AvgIpc) is 2.42. The molecule has 3 heteroatoms. The SMILES string of the molecule is CCCCCCC(C)NCC(C)(C)c1cnccn1. The van der Waals surface area contributed by atoms with Crippen molar-refractivity contribution in [3.05, 3.63) is 24.3 Å². The van der Waals surface area contributed by atoms with Crippen LogP contribution in [0.15, 0.2) is 18.6 Å². The predicted molar refractivity (Wildman–Crippen MR) is 81.3 cm³/mol. The fourth-order valence-corrected chi connectivity index (χ4v) is 2.15. The van der Waals surface area contributed by atoms with Gasteiger partial charge in [0.2, 0.25) is 0 Å². The normalized spacial score (nSPS) is 13.5. The van der Waals surface area contributed by atoms with Crippen LogP contribution in [-0.2, 0) is 5.41 Å². The van der Waals surface area contributed by atoms with Crippen molar-refractivity contribution in [1.82, 2.24) is 15.3 Å². The van der Waals surface area contributed by atoms with Crippen molar-refractivity contribution in [2.24, 2.45) is 0 Å². The van der Waals surface area contributed by atoms with E-state index in [0.29, 0.717) is 6.04 Å².